The Morgan fingerprint density at radius 2 is 1.96 bits per heavy atom. The molecule has 0 aliphatic heterocycles. The molecule has 3 rings (SSSR count). The molecule has 0 bridgehead atoms. The fraction of sp³-hybridized carbons (Fsp3) is 0.350. The molecule has 6 nitrogen and oxygen atoms in total. The van der Waals surface area contributed by atoms with Crippen molar-refractivity contribution in [2.75, 3.05) is 7.05 Å². The molecule has 26 heavy (non-hydrogen) atoms. The number of aromatic nitrogens is 1. The summed E-state index contributed by atoms with van der Waals surface area (Å²) in [6, 6.07) is 11.8. The van der Waals surface area contributed by atoms with Crippen LogP contribution in [0.4, 0.5) is 0 Å². The van der Waals surface area contributed by atoms with Gasteiger partial charge in [-0.1, -0.05) is 37.3 Å². The van der Waals surface area contributed by atoms with E-state index in [4.69, 9.17) is 0 Å². The molecule has 2 aromatic rings. The second-order valence-electron chi connectivity index (χ2n) is 6.53. The van der Waals surface area contributed by atoms with Crippen molar-refractivity contribution in [3.8, 4) is 0 Å². The molecule has 1 aliphatic rings. The molecule has 1 unspecified atom stereocenters. The van der Waals surface area contributed by atoms with Gasteiger partial charge in [0.05, 0.1) is 6.54 Å². The van der Waals surface area contributed by atoms with E-state index in [2.05, 4.69) is 17.6 Å². The summed E-state index contributed by atoms with van der Waals surface area (Å²) in [6.45, 7) is 4.46. The first-order valence-corrected chi connectivity index (χ1v) is 8.63. The van der Waals surface area contributed by atoms with Crippen molar-refractivity contribution in [3.63, 3.8) is 0 Å². The molecule has 2 N–H and O–H groups in total. The van der Waals surface area contributed by atoms with Crippen molar-refractivity contribution >= 4 is 12.3 Å². The molecule has 1 aromatic heterocycles. The Morgan fingerprint density at radius 1 is 1.31 bits per heavy atom. The lowest BCUT2D eigenvalue weighted by Gasteiger charge is -2.09. The van der Waals surface area contributed by atoms with E-state index < -0.39 is 0 Å². The molecule has 6 heteroatoms. The van der Waals surface area contributed by atoms with E-state index in [0.29, 0.717) is 12.6 Å². The quantitative estimate of drug-likeness (QED) is 0.801. The molecule has 0 radical (unpaired) electrons. The number of hydrogen-bond donors (Lipinski definition) is 2. The van der Waals surface area contributed by atoms with Crippen LogP contribution in [0.1, 0.15) is 34.8 Å². The maximum Gasteiger partial charge on any atom is 0.263 e. The van der Waals surface area contributed by atoms with Crippen molar-refractivity contribution in [2.24, 2.45) is 5.92 Å². The van der Waals surface area contributed by atoms with Gasteiger partial charge in [0.25, 0.3) is 11.5 Å². The molecule has 1 saturated carbocycles. The van der Waals surface area contributed by atoms with E-state index in [1.165, 1.54) is 13.5 Å². The molecule has 1 aromatic carbocycles. The number of pyridine rings is 1. The number of amides is 2. The molecular formula is C20H25N3O3. The van der Waals surface area contributed by atoms with Crippen molar-refractivity contribution < 1.29 is 9.59 Å². The second-order valence-corrected chi connectivity index (χ2v) is 6.53. The third-order valence-electron chi connectivity index (χ3n) is 4.28. The Balaban J connectivity index is 0.000000290. The van der Waals surface area contributed by atoms with E-state index in [1.807, 2.05) is 37.3 Å². The van der Waals surface area contributed by atoms with Crippen LogP contribution in [-0.2, 0) is 11.3 Å². The first-order valence-electron chi connectivity index (χ1n) is 8.63. The van der Waals surface area contributed by atoms with E-state index >= 15 is 0 Å². The van der Waals surface area contributed by atoms with Gasteiger partial charge in [-0.25, -0.2) is 0 Å². The van der Waals surface area contributed by atoms with Crippen LogP contribution in [-0.4, -0.2) is 30.0 Å². The van der Waals surface area contributed by atoms with Crippen molar-refractivity contribution in [3.05, 3.63) is 69.6 Å². The Bertz CT molecular complexity index is 815. The number of carbonyl (C=O) groups excluding carboxylic acids is 2. The SMILES string of the molecule is CNC(=O)c1cc(C)cn(Cc2ccccc2)c1=O.C[C@H]1CC1NC=O. The first kappa shape index (κ1) is 19.4. The summed E-state index contributed by atoms with van der Waals surface area (Å²) in [5.74, 6) is 0.376. The minimum Gasteiger partial charge on any atom is -0.356 e. The van der Waals surface area contributed by atoms with Crippen LogP contribution in [0.15, 0.2) is 47.4 Å². The number of carbonyl (C=O) groups is 2. The van der Waals surface area contributed by atoms with Gasteiger partial charge in [0.2, 0.25) is 6.41 Å². The molecular weight excluding hydrogens is 330 g/mol. The highest BCUT2D eigenvalue weighted by atomic mass is 16.2. The second kappa shape index (κ2) is 8.99. The summed E-state index contributed by atoms with van der Waals surface area (Å²) in [7, 11) is 1.52. The van der Waals surface area contributed by atoms with Crippen molar-refractivity contribution in [2.45, 2.75) is 32.9 Å². The molecule has 0 saturated heterocycles. The minimum absolute atomic E-state index is 0.179. The van der Waals surface area contributed by atoms with Crippen LogP contribution in [0.25, 0.3) is 0 Å². The predicted molar refractivity (Wildman–Crippen MR) is 101 cm³/mol. The highest BCUT2D eigenvalue weighted by Gasteiger charge is 2.31. The van der Waals surface area contributed by atoms with Crippen LogP contribution in [0, 0.1) is 12.8 Å². The van der Waals surface area contributed by atoms with Crippen molar-refractivity contribution in [1.82, 2.24) is 15.2 Å². The monoisotopic (exact) mass is 355 g/mol. The first-order chi connectivity index (χ1) is 12.5. The summed E-state index contributed by atoms with van der Waals surface area (Å²) in [5.41, 5.74) is 1.82. The molecule has 2 atom stereocenters. The third kappa shape index (κ3) is 5.31. The summed E-state index contributed by atoms with van der Waals surface area (Å²) >= 11 is 0. The van der Waals surface area contributed by atoms with Gasteiger partial charge in [0.15, 0.2) is 0 Å². The Labute approximate surface area is 153 Å². The van der Waals surface area contributed by atoms with Gasteiger partial charge in [0.1, 0.15) is 5.56 Å². The Morgan fingerprint density at radius 3 is 2.46 bits per heavy atom. The Kier molecular flexibility index (Phi) is 6.72. The zero-order chi connectivity index (χ0) is 19.1. The lowest BCUT2D eigenvalue weighted by Crippen LogP contribution is -2.31. The lowest BCUT2D eigenvalue weighted by atomic mass is 10.1. The van der Waals surface area contributed by atoms with Gasteiger partial charge >= 0.3 is 0 Å². The smallest absolute Gasteiger partial charge is 0.263 e. The van der Waals surface area contributed by atoms with E-state index in [1.54, 1.807) is 16.8 Å². The zero-order valence-electron chi connectivity index (χ0n) is 15.4. The maximum absolute atomic E-state index is 12.2. The summed E-state index contributed by atoms with van der Waals surface area (Å²) in [6.07, 6.45) is 3.70. The summed E-state index contributed by atoms with van der Waals surface area (Å²) in [4.78, 5) is 33.6. The van der Waals surface area contributed by atoms with Crippen molar-refractivity contribution in [1.29, 1.82) is 0 Å². The highest BCUT2D eigenvalue weighted by molar-refractivity contribution is 5.93. The van der Waals surface area contributed by atoms with Gasteiger partial charge < -0.3 is 15.2 Å². The van der Waals surface area contributed by atoms with Gasteiger partial charge in [-0.15, -0.1) is 0 Å². The van der Waals surface area contributed by atoms with E-state index in [9.17, 15) is 14.4 Å². The number of benzene rings is 1. The van der Waals surface area contributed by atoms with E-state index in [0.717, 1.165) is 23.5 Å². The lowest BCUT2D eigenvalue weighted by molar-refractivity contribution is -0.109. The third-order valence-corrected chi connectivity index (χ3v) is 4.28. The fourth-order valence-electron chi connectivity index (χ4n) is 2.62. The maximum atomic E-state index is 12.2. The van der Waals surface area contributed by atoms with Gasteiger partial charge in [-0.05, 0) is 36.5 Å². The van der Waals surface area contributed by atoms with Gasteiger partial charge in [0, 0.05) is 19.3 Å². The largest absolute Gasteiger partial charge is 0.356 e. The summed E-state index contributed by atoms with van der Waals surface area (Å²) in [5, 5.41) is 5.18. The van der Waals surface area contributed by atoms with E-state index in [-0.39, 0.29) is 17.0 Å². The molecule has 138 valence electrons. The Hall–Kier alpha value is -2.89. The standard InChI is InChI=1S/C15H16N2O2.C5H9NO/c1-11-8-13(14(18)16-2)15(19)17(9-11)10-12-6-4-3-5-7-12;1-4-2-5(4)6-3-7/h3-9H,10H2,1-2H3,(H,16,18);3-5H,2H2,1H3,(H,6,7)/t;4-,5?/m.0/s1. The zero-order valence-corrected chi connectivity index (χ0v) is 15.4. The molecule has 1 aliphatic carbocycles. The fourth-order valence-corrected chi connectivity index (χ4v) is 2.62. The van der Waals surface area contributed by atoms with Gasteiger partial charge in [-0.3, -0.25) is 14.4 Å². The number of nitrogens with one attached hydrogen (secondary N) is 2. The van der Waals surface area contributed by atoms with Gasteiger partial charge in [-0.2, -0.15) is 0 Å². The molecule has 1 heterocycles. The molecule has 1 fully saturated rings. The normalized spacial score (nSPS) is 17.5. The number of aryl methyl sites for hydroxylation is 1. The van der Waals surface area contributed by atoms with Crippen LogP contribution >= 0.6 is 0 Å². The number of hydrogen-bond acceptors (Lipinski definition) is 3. The van der Waals surface area contributed by atoms with Crippen LogP contribution in [0.5, 0.6) is 0 Å². The number of nitrogens with zero attached hydrogens (tertiary/aromatic N) is 1. The predicted octanol–water partition coefficient (Wildman–Crippen LogP) is 1.71. The van der Waals surface area contributed by atoms with Crippen LogP contribution in [0.3, 0.4) is 0 Å². The van der Waals surface area contributed by atoms with Crippen LogP contribution < -0.4 is 16.2 Å². The minimum atomic E-state index is -0.351. The highest BCUT2D eigenvalue weighted by Crippen LogP contribution is 2.28. The molecule has 2 amide bonds. The average molecular weight is 355 g/mol. The summed E-state index contributed by atoms with van der Waals surface area (Å²) < 4.78 is 1.56. The van der Waals surface area contributed by atoms with Crippen LogP contribution in [0.2, 0.25) is 0 Å². The number of rotatable bonds is 5. The average Bonchev–Trinajstić information content (AvgIpc) is 3.34. The molecule has 0 spiro atoms. The topological polar surface area (TPSA) is 80.2 Å².